The van der Waals surface area contributed by atoms with Gasteiger partial charge in [0.25, 0.3) is 11.7 Å². The highest BCUT2D eigenvalue weighted by molar-refractivity contribution is 6.46. The van der Waals surface area contributed by atoms with Crippen molar-refractivity contribution in [1.82, 2.24) is 4.90 Å². The van der Waals surface area contributed by atoms with Gasteiger partial charge in [0.15, 0.2) is 0 Å². The lowest BCUT2D eigenvalue weighted by molar-refractivity contribution is -0.139. The van der Waals surface area contributed by atoms with Crippen molar-refractivity contribution in [1.29, 1.82) is 0 Å². The molecule has 1 fully saturated rings. The first-order chi connectivity index (χ1) is 13.5. The quantitative estimate of drug-likeness (QED) is 0.453. The minimum absolute atomic E-state index is 0.0118. The predicted molar refractivity (Wildman–Crippen MR) is 105 cm³/mol. The van der Waals surface area contributed by atoms with Crippen LogP contribution in [0.1, 0.15) is 37.4 Å². The second kappa shape index (κ2) is 8.17. The number of hydrogen-bond acceptors (Lipinski definition) is 5. The highest BCUT2D eigenvalue weighted by Crippen LogP contribution is 2.40. The molecule has 3 rings (SSSR count). The van der Waals surface area contributed by atoms with Crippen LogP contribution in [0, 0.1) is 0 Å². The molecule has 2 N–H and O–H groups in total. The Labute approximate surface area is 163 Å². The number of ketones is 1. The van der Waals surface area contributed by atoms with E-state index in [-0.39, 0.29) is 17.1 Å². The van der Waals surface area contributed by atoms with Gasteiger partial charge in [-0.3, -0.25) is 9.59 Å². The van der Waals surface area contributed by atoms with E-state index in [1.54, 1.807) is 36.4 Å². The Hall–Kier alpha value is -3.28. The summed E-state index contributed by atoms with van der Waals surface area (Å²) in [5.41, 5.74) is 0.971. The van der Waals surface area contributed by atoms with E-state index in [0.717, 1.165) is 0 Å². The number of aromatic hydroxyl groups is 1. The first-order valence-corrected chi connectivity index (χ1v) is 9.28. The largest absolute Gasteiger partial charge is 0.508 e. The Morgan fingerprint density at radius 3 is 2.54 bits per heavy atom. The van der Waals surface area contributed by atoms with Gasteiger partial charge in [-0.2, -0.15) is 0 Å². The summed E-state index contributed by atoms with van der Waals surface area (Å²) < 4.78 is 5.47. The zero-order valence-electron chi connectivity index (χ0n) is 15.9. The monoisotopic (exact) mass is 381 g/mol. The van der Waals surface area contributed by atoms with Crippen LogP contribution in [-0.4, -0.2) is 40.0 Å². The van der Waals surface area contributed by atoms with Crippen LogP contribution >= 0.6 is 0 Å². The number of phenolic OH excluding ortho intramolecular Hbond substituents is 1. The fourth-order valence-electron chi connectivity index (χ4n) is 3.45. The van der Waals surface area contributed by atoms with Gasteiger partial charge in [-0.25, -0.2) is 0 Å². The molecule has 1 atom stereocenters. The van der Waals surface area contributed by atoms with E-state index < -0.39 is 17.7 Å². The third-order valence-corrected chi connectivity index (χ3v) is 4.61. The van der Waals surface area contributed by atoms with Crippen LogP contribution in [0.4, 0.5) is 0 Å². The smallest absolute Gasteiger partial charge is 0.295 e. The Morgan fingerprint density at radius 1 is 1.11 bits per heavy atom. The van der Waals surface area contributed by atoms with Gasteiger partial charge in [-0.1, -0.05) is 31.2 Å². The first-order valence-electron chi connectivity index (χ1n) is 9.28. The van der Waals surface area contributed by atoms with Gasteiger partial charge in [-0.05, 0) is 43.2 Å². The summed E-state index contributed by atoms with van der Waals surface area (Å²) in [4.78, 5) is 26.8. The average Bonchev–Trinajstić information content (AvgIpc) is 2.93. The van der Waals surface area contributed by atoms with E-state index in [0.29, 0.717) is 36.4 Å². The molecule has 0 saturated carbocycles. The highest BCUT2D eigenvalue weighted by Gasteiger charge is 2.45. The molecule has 1 aliphatic heterocycles. The summed E-state index contributed by atoms with van der Waals surface area (Å²) in [6.45, 7) is 4.59. The summed E-state index contributed by atoms with van der Waals surface area (Å²) in [7, 11) is 0. The molecule has 1 saturated heterocycles. The first kappa shape index (κ1) is 19.5. The molecular formula is C22H23NO5. The SMILES string of the molecule is CCCN1C(=O)C(=O)/C(=C(\O)c2cccc(OCC)c2)C1c1cccc(O)c1. The summed E-state index contributed by atoms with van der Waals surface area (Å²) in [6, 6.07) is 12.4. The molecule has 2 aromatic carbocycles. The molecule has 1 aliphatic rings. The molecular weight excluding hydrogens is 358 g/mol. The molecule has 146 valence electrons. The number of aliphatic hydroxyl groups is 1. The van der Waals surface area contributed by atoms with E-state index in [4.69, 9.17) is 4.74 Å². The van der Waals surface area contributed by atoms with Crippen molar-refractivity contribution in [3.05, 3.63) is 65.2 Å². The molecule has 1 amide bonds. The Bertz CT molecular complexity index is 934. The minimum Gasteiger partial charge on any atom is -0.508 e. The molecule has 1 unspecified atom stereocenters. The Balaban J connectivity index is 2.17. The Morgan fingerprint density at radius 2 is 1.86 bits per heavy atom. The number of benzene rings is 2. The second-order valence-corrected chi connectivity index (χ2v) is 6.55. The normalized spacial score (nSPS) is 18.5. The molecule has 0 radical (unpaired) electrons. The fraction of sp³-hybridized carbons (Fsp3) is 0.273. The summed E-state index contributed by atoms with van der Waals surface area (Å²) in [5, 5.41) is 20.8. The molecule has 6 nitrogen and oxygen atoms in total. The number of amides is 1. The van der Waals surface area contributed by atoms with Crippen molar-refractivity contribution in [2.24, 2.45) is 0 Å². The number of carbonyl (C=O) groups excluding carboxylic acids is 2. The third-order valence-electron chi connectivity index (χ3n) is 4.61. The Kier molecular flexibility index (Phi) is 5.68. The maximum Gasteiger partial charge on any atom is 0.295 e. The predicted octanol–water partition coefficient (Wildman–Crippen LogP) is 3.62. The number of ether oxygens (including phenoxy) is 1. The van der Waals surface area contributed by atoms with E-state index in [2.05, 4.69) is 0 Å². The van der Waals surface area contributed by atoms with Gasteiger partial charge in [0.1, 0.15) is 17.3 Å². The van der Waals surface area contributed by atoms with Crippen LogP contribution in [-0.2, 0) is 9.59 Å². The van der Waals surface area contributed by atoms with Crippen molar-refractivity contribution in [3.8, 4) is 11.5 Å². The molecule has 0 spiro atoms. The van der Waals surface area contributed by atoms with Gasteiger partial charge < -0.3 is 19.8 Å². The summed E-state index contributed by atoms with van der Waals surface area (Å²) in [5.74, 6) is -1.06. The van der Waals surface area contributed by atoms with Crippen LogP contribution in [0.25, 0.3) is 5.76 Å². The lowest BCUT2D eigenvalue weighted by atomic mass is 9.95. The molecule has 0 aromatic heterocycles. The second-order valence-electron chi connectivity index (χ2n) is 6.55. The van der Waals surface area contributed by atoms with Gasteiger partial charge in [0.05, 0.1) is 18.2 Å². The van der Waals surface area contributed by atoms with Crippen molar-refractivity contribution in [2.45, 2.75) is 26.3 Å². The van der Waals surface area contributed by atoms with Crippen LogP contribution in [0.5, 0.6) is 11.5 Å². The lowest BCUT2D eigenvalue weighted by Gasteiger charge is -2.25. The van der Waals surface area contributed by atoms with Gasteiger partial charge >= 0.3 is 0 Å². The maximum absolute atomic E-state index is 12.8. The molecule has 28 heavy (non-hydrogen) atoms. The molecule has 0 aliphatic carbocycles. The fourth-order valence-corrected chi connectivity index (χ4v) is 3.45. The highest BCUT2D eigenvalue weighted by atomic mass is 16.5. The van der Waals surface area contributed by atoms with Gasteiger partial charge in [0.2, 0.25) is 0 Å². The number of hydrogen-bond donors (Lipinski definition) is 2. The number of nitrogens with zero attached hydrogens (tertiary/aromatic N) is 1. The van der Waals surface area contributed by atoms with Crippen LogP contribution < -0.4 is 4.74 Å². The van der Waals surface area contributed by atoms with Crippen molar-refractivity contribution >= 4 is 17.4 Å². The number of likely N-dealkylation sites (tertiary alicyclic amines) is 1. The molecule has 2 aromatic rings. The number of Topliss-reactive ketones (excluding diaryl/α,β-unsaturated/α-hetero) is 1. The number of carbonyl (C=O) groups is 2. The lowest BCUT2D eigenvalue weighted by Crippen LogP contribution is -2.30. The number of aliphatic hydroxyl groups excluding tert-OH is 1. The summed E-state index contributed by atoms with van der Waals surface area (Å²) in [6.07, 6.45) is 0.655. The topological polar surface area (TPSA) is 87.1 Å². The molecule has 1 heterocycles. The van der Waals surface area contributed by atoms with E-state index in [1.807, 2.05) is 13.8 Å². The van der Waals surface area contributed by atoms with Gasteiger partial charge in [-0.15, -0.1) is 0 Å². The minimum atomic E-state index is -0.761. The van der Waals surface area contributed by atoms with Gasteiger partial charge in [0, 0.05) is 12.1 Å². The van der Waals surface area contributed by atoms with E-state index >= 15 is 0 Å². The maximum atomic E-state index is 12.8. The number of rotatable bonds is 6. The van der Waals surface area contributed by atoms with E-state index in [1.165, 1.54) is 17.0 Å². The number of phenols is 1. The molecule has 0 bridgehead atoms. The van der Waals surface area contributed by atoms with Crippen LogP contribution in [0.15, 0.2) is 54.1 Å². The summed E-state index contributed by atoms with van der Waals surface area (Å²) >= 11 is 0. The van der Waals surface area contributed by atoms with Crippen molar-refractivity contribution in [3.63, 3.8) is 0 Å². The standard InChI is InChI=1S/C22H23NO5/c1-3-11-23-19(14-7-5-9-16(24)12-14)18(21(26)22(23)27)20(25)15-8-6-10-17(13-15)28-4-2/h5-10,12-13,19,24-25H,3-4,11H2,1-2H3/b20-18-. The zero-order valence-corrected chi connectivity index (χ0v) is 15.9. The zero-order chi connectivity index (χ0) is 20.3. The van der Waals surface area contributed by atoms with Crippen molar-refractivity contribution in [2.75, 3.05) is 13.2 Å². The average molecular weight is 381 g/mol. The third kappa shape index (κ3) is 3.58. The van der Waals surface area contributed by atoms with Crippen LogP contribution in [0.3, 0.4) is 0 Å². The van der Waals surface area contributed by atoms with E-state index in [9.17, 15) is 19.8 Å². The van der Waals surface area contributed by atoms with Crippen molar-refractivity contribution < 1.29 is 24.5 Å². The molecule has 6 heteroatoms. The van der Waals surface area contributed by atoms with Crippen LogP contribution in [0.2, 0.25) is 0 Å².